The van der Waals surface area contributed by atoms with Crippen LogP contribution >= 0.6 is 28.6 Å². The zero-order chi connectivity index (χ0) is 12.1. The lowest BCUT2D eigenvalue weighted by Gasteiger charge is -2.07. The molecule has 0 unspecified atom stereocenters. The molecule has 5 heteroatoms. The highest BCUT2D eigenvalue weighted by atomic mass is 79.9. The Bertz CT molecular complexity index is 454. The van der Waals surface area contributed by atoms with Crippen LogP contribution in [0.1, 0.15) is 28.4 Å². The van der Waals surface area contributed by atoms with Gasteiger partial charge in [-0.2, -0.15) is 5.26 Å². The number of ether oxygens (including phenoxy) is 1. The summed E-state index contributed by atoms with van der Waals surface area (Å²) in [6.45, 7) is 2.03. The van der Waals surface area contributed by atoms with Crippen LogP contribution in [-0.2, 0) is 10.1 Å². The molecule has 0 amide bonds. The molecule has 0 heterocycles. The molecule has 0 aliphatic carbocycles. The fourth-order valence-corrected chi connectivity index (χ4v) is 1.99. The molecule has 3 nitrogen and oxygen atoms in total. The van der Waals surface area contributed by atoms with Gasteiger partial charge in [0.15, 0.2) is 0 Å². The Morgan fingerprint density at radius 2 is 2.31 bits per heavy atom. The van der Waals surface area contributed by atoms with Gasteiger partial charge in [-0.1, -0.05) is 15.9 Å². The van der Waals surface area contributed by atoms with Gasteiger partial charge in [0.2, 0.25) is 0 Å². The summed E-state index contributed by atoms with van der Waals surface area (Å²) in [6, 6.07) is 5.25. The summed E-state index contributed by atoms with van der Waals surface area (Å²) >= 11 is 7.48. The van der Waals surface area contributed by atoms with Crippen LogP contribution in [0.15, 0.2) is 17.0 Å². The summed E-state index contributed by atoms with van der Waals surface area (Å²) < 4.78 is 4.87. The average molecular weight is 300 g/mol. The summed E-state index contributed by atoms with van der Waals surface area (Å²) in [7, 11) is 0. The van der Waals surface area contributed by atoms with Crippen LogP contribution in [0.2, 0.25) is 0 Å². The molecule has 0 saturated heterocycles. The quantitative estimate of drug-likeness (QED) is 0.530. The first-order valence-electron chi connectivity index (χ1n) is 4.63. The minimum absolute atomic E-state index is 0.300. The van der Waals surface area contributed by atoms with E-state index in [1.165, 1.54) is 6.07 Å². The average Bonchev–Trinajstić information content (AvgIpc) is 2.28. The molecule has 0 spiro atoms. The van der Waals surface area contributed by atoms with Crippen LogP contribution < -0.4 is 0 Å². The Labute approximate surface area is 108 Å². The Morgan fingerprint density at radius 1 is 1.62 bits per heavy atom. The van der Waals surface area contributed by atoms with Crippen molar-refractivity contribution in [3.8, 4) is 6.07 Å². The lowest BCUT2D eigenvalue weighted by molar-refractivity contribution is 0.0522. The Hall–Kier alpha value is -0.990. The summed E-state index contributed by atoms with van der Waals surface area (Å²) in [5.74, 6) is -0.454. The molecule has 0 bridgehead atoms. The number of thiol groups is 1. The molecule has 0 atom stereocenters. The molecule has 16 heavy (non-hydrogen) atoms. The maximum absolute atomic E-state index is 11.5. The van der Waals surface area contributed by atoms with Crippen LogP contribution in [0.5, 0.6) is 0 Å². The molecule has 0 radical (unpaired) electrons. The topological polar surface area (TPSA) is 50.1 Å². The number of hydrogen-bond acceptors (Lipinski definition) is 4. The highest BCUT2D eigenvalue weighted by Crippen LogP contribution is 2.22. The molecule has 0 fully saturated rings. The second-order valence-corrected chi connectivity index (χ2v) is 4.03. The van der Waals surface area contributed by atoms with Gasteiger partial charge in [-0.3, -0.25) is 0 Å². The highest BCUT2D eigenvalue weighted by molar-refractivity contribution is 9.08. The van der Waals surface area contributed by atoms with E-state index >= 15 is 0 Å². The first-order valence-corrected chi connectivity index (χ1v) is 6.20. The molecule has 0 saturated carbocycles. The first-order chi connectivity index (χ1) is 7.63. The van der Waals surface area contributed by atoms with Gasteiger partial charge in [-0.25, -0.2) is 4.79 Å². The zero-order valence-corrected chi connectivity index (χ0v) is 11.1. The van der Waals surface area contributed by atoms with Crippen LogP contribution in [0, 0.1) is 11.3 Å². The van der Waals surface area contributed by atoms with Gasteiger partial charge in [0.1, 0.15) is 0 Å². The fourth-order valence-electron chi connectivity index (χ4n) is 1.22. The number of esters is 1. The molecular weight excluding hydrogens is 290 g/mol. The van der Waals surface area contributed by atoms with E-state index < -0.39 is 5.97 Å². The summed E-state index contributed by atoms with van der Waals surface area (Å²) in [5.41, 5.74) is 1.59. The van der Waals surface area contributed by atoms with Crippen molar-refractivity contribution in [2.45, 2.75) is 17.1 Å². The third-order valence-electron chi connectivity index (χ3n) is 1.98. The third-order valence-corrected chi connectivity index (χ3v) is 2.96. The number of alkyl halides is 1. The second kappa shape index (κ2) is 5.92. The van der Waals surface area contributed by atoms with Gasteiger partial charge in [-0.15, -0.1) is 12.6 Å². The zero-order valence-electron chi connectivity index (χ0n) is 8.66. The Balaban J connectivity index is 3.22. The highest BCUT2D eigenvalue weighted by Gasteiger charge is 2.14. The van der Waals surface area contributed by atoms with E-state index in [1.54, 1.807) is 13.0 Å². The molecule has 0 aliphatic heterocycles. The number of rotatable bonds is 3. The van der Waals surface area contributed by atoms with Gasteiger partial charge in [0.05, 0.1) is 23.8 Å². The van der Waals surface area contributed by atoms with Gasteiger partial charge in [-0.05, 0) is 24.6 Å². The minimum Gasteiger partial charge on any atom is -0.462 e. The van der Waals surface area contributed by atoms with Crippen molar-refractivity contribution in [1.29, 1.82) is 5.26 Å². The minimum atomic E-state index is -0.454. The predicted octanol–water partition coefficient (Wildman–Crippen LogP) is 2.92. The maximum atomic E-state index is 11.5. The van der Waals surface area contributed by atoms with E-state index in [2.05, 4.69) is 28.6 Å². The van der Waals surface area contributed by atoms with Crippen molar-refractivity contribution in [1.82, 2.24) is 0 Å². The van der Waals surface area contributed by atoms with Crippen LogP contribution in [0.4, 0.5) is 0 Å². The number of hydrogen-bond donors (Lipinski definition) is 1. The van der Waals surface area contributed by atoms with E-state index in [0.717, 1.165) is 5.56 Å². The van der Waals surface area contributed by atoms with E-state index in [4.69, 9.17) is 10.00 Å². The molecule has 1 aromatic carbocycles. The van der Waals surface area contributed by atoms with E-state index in [9.17, 15) is 4.79 Å². The lowest BCUT2D eigenvalue weighted by Crippen LogP contribution is -2.07. The number of halogens is 1. The molecule has 0 N–H and O–H groups in total. The molecule has 84 valence electrons. The largest absolute Gasteiger partial charge is 0.462 e. The molecule has 1 aromatic rings. The predicted molar refractivity (Wildman–Crippen MR) is 67.0 cm³/mol. The van der Waals surface area contributed by atoms with Crippen LogP contribution in [-0.4, -0.2) is 12.6 Å². The lowest BCUT2D eigenvalue weighted by atomic mass is 10.1. The number of nitrogens with zero attached hydrogens (tertiary/aromatic N) is 1. The molecule has 1 rings (SSSR count). The van der Waals surface area contributed by atoms with Crippen molar-refractivity contribution < 1.29 is 9.53 Å². The maximum Gasteiger partial charge on any atom is 0.339 e. The number of carbonyl (C=O) groups is 1. The van der Waals surface area contributed by atoms with Crippen molar-refractivity contribution in [2.75, 3.05) is 6.61 Å². The number of nitriles is 1. The fraction of sp³-hybridized carbons (Fsp3) is 0.273. The van der Waals surface area contributed by atoms with E-state index in [-0.39, 0.29) is 0 Å². The first kappa shape index (κ1) is 13.1. The van der Waals surface area contributed by atoms with Crippen LogP contribution in [0.25, 0.3) is 0 Å². The molecular formula is C11H10BrNO2S. The number of benzene rings is 1. The summed E-state index contributed by atoms with van der Waals surface area (Å²) in [4.78, 5) is 12.1. The Morgan fingerprint density at radius 3 is 2.81 bits per heavy atom. The summed E-state index contributed by atoms with van der Waals surface area (Å²) in [6.07, 6.45) is 0. The van der Waals surface area contributed by atoms with E-state index in [0.29, 0.717) is 28.0 Å². The normalized spacial score (nSPS) is 9.62. The van der Waals surface area contributed by atoms with Crippen molar-refractivity contribution in [3.63, 3.8) is 0 Å². The van der Waals surface area contributed by atoms with E-state index in [1.807, 2.05) is 6.07 Å². The summed E-state index contributed by atoms with van der Waals surface area (Å²) in [5, 5.41) is 9.48. The molecule has 0 aromatic heterocycles. The van der Waals surface area contributed by atoms with Gasteiger partial charge in [0, 0.05) is 10.2 Å². The van der Waals surface area contributed by atoms with Crippen molar-refractivity contribution >= 4 is 34.5 Å². The SMILES string of the molecule is CCOC(=O)c1cc(C#N)c(CBr)cc1S. The molecule has 0 aliphatic rings. The standard InChI is InChI=1S/C11H10BrNO2S/c1-2-15-11(14)9-3-8(6-13)7(5-12)4-10(9)16/h3-4,16H,2,5H2,1H3. The van der Waals surface area contributed by atoms with Crippen molar-refractivity contribution in [3.05, 3.63) is 28.8 Å². The van der Waals surface area contributed by atoms with Gasteiger partial charge >= 0.3 is 5.97 Å². The Kier molecular flexibility index (Phi) is 4.84. The van der Waals surface area contributed by atoms with Crippen molar-refractivity contribution in [2.24, 2.45) is 0 Å². The number of carbonyl (C=O) groups excluding carboxylic acids is 1. The monoisotopic (exact) mass is 299 g/mol. The second-order valence-electron chi connectivity index (χ2n) is 2.99. The van der Waals surface area contributed by atoms with Gasteiger partial charge in [0.25, 0.3) is 0 Å². The smallest absolute Gasteiger partial charge is 0.339 e. The third kappa shape index (κ3) is 2.77. The van der Waals surface area contributed by atoms with Crippen LogP contribution in [0.3, 0.4) is 0 Å². The van der Waals surface area contributed by atoms with Gasteiger partial charge < -0.3 is 4.74 Å².